The fourth-order valence-electron chi connectivity index (χ4n) is 1.40. The van der Waals surface area contributed by atoms with Crippen molar-refractivity contribution in [3.8, 4) is 0 Å². The molecule has 0 saturated heterocycles. The van der Waals surface area contributed by atoms with Crippen molar-refractivity contribution in [3.63, 3.8) is 0 Å². The van der Waals surface area contributed by atoms with E-state index in [9.17, 15) is 9.18 Å². The second-order valence-electron chi connectivity index (χ2n) is 4.91. The van der Waals surface area contributed by atoms with Crippen molar-refractivity contribution in [3.05, 3.63) is 34.6 Å². The average Bonchev–Trinajstić information content (AvgIpc) is 2.30. The molecule has 0 heterocycles. The van der Waals surface area contributed by atoms with Crippen LogP contribution in [0.15, 0.2) is 18.2 Å². The summed E-state index contributed by atoms with van der Waals surface area (Å²) in [6.45, 7) is 4.55. The minimum atomic E-state index is -0.532. The number of halogens is 3. The first-order chi connectivity index (χ1) is 8.35. The highest BCUT2D eigenvalue weighted by molar-refractivity contribution is 6.31. The van der Waals surface area contributed by atoms with Gasteiger partial charge in [0.2, 0.25) is 0 Å². The summed E-state index contributed by atoms with van der Waals surface area (Å²) in [4.78, 5) is 11.8. The molecule has 0 aromatic heterocycles. The van der Waals surface area contributed by atoms with E-state index in [1.54, 1.807) is 0 Å². The van der Waals surface area contributed by atoms with E-state index in [4.69, 9.17) is 23.2 Å². The van der Waals surface area contributed by atoms with Crippen molar-refractivity contribution in [2.45, 2.75) is 20.3 Å². The van der Waals surface area contributed by atoms with Gasteiger partial charge in [0.05, 0.1) is 5.02 Å². The molecule has 0 bridgehead atoms. The molecule has 2 nitrogen and oxygen atoms in total. The van der Waals surface area contributed by atoms with Crippen LogP contribution >= 0.6 is 23.2 Å². The molecule has 0 atom stereocenters. The number of carbonyl (C=O) groups is 1. The Hall–Kier alpha value is -0.800. The van der Waals surface area contributed by atoms with Gasteiger partial charge in [-0.05, 0) is 30.0 Å². The van der Waals surface area contributed by atoms with Crippen LogP contribution < -0.4 is 5.32 Å². The molecule has 1 amide bonds. The van der Waals surface area contributed by atoms with E-state index >= 15 is 0 Å². The van der Waals surface area contributed by atoms with Crippen molar-refractivity contribution < 1.29 is 9.18 Å². The van der Waals surface area contributed by atoms with Gasteiger partial charge in [0.25, 0.3) is 5.91 Å². The average molecular weight is 292 g/mol. The van der Waals surface area contributed by atoms with Crippen LogP contribution in [0.3, 0.4) is 0 Å². The predicted octanol–water partition coefficient (Wildman–Crippen LogP) is 3.86. The first-order valence-corrected chi connectivity index (χ1v) is 6.56. The van der Waals surface area contributed by atoms with Gasteiger partial charge in [-0.2, -0.15) is 0 Å². The maximum Gasteiger partial charge on any atom is 0.251 e. The summed E-state index contributed by atoms with van der Waals surface area (Å²) in [7, 11) is 0. The molecule has 1 aromatic carbocycles. The van der Waals surface area contributed by atoms with Gasteiger partial charge in [-0.1, -0.05) is 25.4 Å². The molecule has 18 heavy (non-hydrogen) atoms. The number of nitrogens with one attached hydrogen (secondary N) is 1. The second kappa shape index (κ2) is 6.39. The minimum Gasteiger partial charge on any atom is -0.352 e. The van der Waals surface area contributed by atoms with Crippen molar-refractivity contribution >= 4 is 29.1 Å². The van der Waals surface area contributed by atoms with Gasteiger partial charge in [-0.3, -0.25) is 4.79 Å². The molecule has 0 fully saturated rings. The summed E-state index contributed by atoms with van der Waals surface area (Å²) in [5.74, 6) is -0.249. The minimum absolute atomic E-state index is 0.0531. The van der Waals surface area contributed by atoms with Crippen LogP contribution in [0, 0.1) is 11.2 Å². The van der Waals surface area contributed by atoms with Gasteiger partial charge < -0.3 is 5.32 Å². The maximum atomic E-state index is 13.0. The fourth-order valence-corrected chi connectivity index (χ4v) is 2.10. The third-order valence-electron chi connectivity index (χ3n) is 2.68. The van der Waals surface area contributed by atoms with Crippen LogP contribution in [0.2, 0.25) is 5.02 Å². The Morgan fingerprint density at radius 1 is 1.44 bits per heavy atom. The van der Waals surface area contributed by atoms with Crippen molar-refractivity contribution in [2.75, 3.05) is 12.4 Å². The largest absolute Gasteiger partial charge is 0.352 e. The van der Waals surface area contributed by atoms with Crippen LogP contribution in [0.4, 0.5) is 4.39 Å². The van der Waals surface area contributed by atoms with Crippen molar-refractivity contribution in [1.29, 1.82) is 0 Å². The lowest BCUT2D eigenvalue weighted by Gasteiger charge is -2.23. The number of amides is 1. The van der Waals surface area contributed by atoms with Crippen LogP contribution in [0.25, 0.3) is 0 Å². The number of alkyl halides is 1. The zero-order valence-electron chi connectivity index (χ0n) is 10.4. The van der Waals surface area contributed by atoms with E-state index in [2.05, 4.69) is 5.32 Å². The van der Waals surface area contributed by atoms with Gasteiger partial charge >= 0.3 is 0 Å². The molecule has 1 N–H and O–H groups in total. The van der Waals surface area contributed by atoms with Gasteiger partial charge in [0, 0.05) is 18.0 Å². The monoisotopic (exact) mass is 291 g/mol. The van der Waals surface area contributed by atoms with E-state index in [0.29, 0.717) is 18.0 Å². The fraction of sp³-hybridized carbons (Fsp3) is 0.462. The highest BCUT2D eigenvalue weighted by atomic mass is 35.5. The van der Waals surface area contributed by atoms with Crippen molar-refractivity contribution in [2.24, 2.45) is 5.41 Å². The van der Waals surface area contributed by atoms with Gasteiger partial charge in [0.1, 0.15) is 5.82 Å². The SMILES string of the molecule is CC(C)(CCCl)CNC(=O)c1ccc(F)c(Cl)c1. The Morgan fingerprint density at radius 3 is 2.67 bits per heavy atom. The summed E-state index contributed by atoms with van der Waals surface area (Å²) >= 11 is 11.3. The third-order valence-corrected chi connectivity index (χ3v) is 3.16. The first-order valence-electron chi connectivity index (χ1n) is 5.65. The molecule has 0 saturated carbocycles. The number of benzene rings is 1. The van der Waals surface area contributed by atoms with E-state index in [1.165, 1.54) is 18.2 Å². The van der Waals surface area contributed by atoms with Crippen LogP contribution in [-0.4, -0.2) is 18.3 Å². The van der Waals surface area contributed by atoms with E-state index < -0.39 is 5.82 Å². The molecule has 0 aliphatic rings. The molecule has 0 radical (unpaired) electrons. The molecular weight excluding hydrogens is 276 g/mol. The molecule has 0 spiro atoms. The summed E-state index contributed by atoms with van der Waals surface area (Å²) < 4.78 is 13.0. The van der Waals surface area contributed by atoms with Crippen LogP contribution in [0.5, 0.6) is 0 Å². The predicted molar refractivity (Wildman–Crippen MR) is 72.9 cm³/mol. The van der Waals surface area contributed by atoms with Crippen LogP contribution in [-0.2, 0) is 0 Å². The summed E-state index contributed by atoms with van der Waals surface area (Å²) in [5.41, 5.74) is 0.282. The molecule has 1 aromatic rings. The molecule has 0 aliphatic heterocycles. The Labute approximate surface area is 116 Å². The topological polar surface area (TPSA) is 29.1 Å². The molecule has 1 rings (SSSR count). The first kappa shape index (κ1) is 15.3. The standard InChI is InChI=1S/C13H16Cl2FNO/c1-13(2,5-6-14)8-17-12(18)9-3-4-11(16)10(15)7-9/h3-4,7H,5-6,8H2,1-2H3,(H,17,18). The Balaban J connectivity index is 2.63. The highest BCUT2D eigenvalue weighted by Gasteiger charge is 2.18. The van der Waals surface area contributed by atoms with Crippen molar-refractivity contribution in [1.82, 2.24) is 5.32 Å². The molecule has 5 heteroatoms. The lowest BCUT2D eigenvalue weighted by Crippen LogP contribution is -2.34. The highest BCUT2D eigenvalue weighted by Crippen LogP contribution is 2.20. The lowest BCUT2D eigenvalue weighted by molar-refractivity contribution is 0.0936. The van der Waals surface area contributed by atoms with Crippen LogP contribution in [0.1, 0.15) is 30.6 Å². The van der Waals surface area contributed by atoms with Gasteiger partial charge in [0.15, 0.2) is 0 Å². The quantitative estimate of drug-likeness (QED) is 0.820. The summed E-state index contributed by atoms with van der Waals surface area (Å²) in [6.07, 6.45) is 0.805. The Bertz CT molecular complexity index is 435. The second-order valence-corrected chi connectivity index (χ2v) is 5.70. The number of hydrogen-bond acceptors (Lipinski definition) is 1. The molecular formula is C13H16Cl2FNO. The smallest absolute Gasteiger partial charge is 0.251 e. The number of hydrogen-bond donors (Lipinski definition) is 1. The molecule has 100 valence electrons. The summed E-state index contributed by atoms with van der Waals surface area (Å²) in [5, 5.41) is 2.74. The van der Waals surface area contributed by atoms with Gasteiger partial charge in [-0.25, -0.2) is 4.39 Å². The van der Waals surface area contributed by atoms with E-state index in [-0.39, 0.29) is 16.3 Å². The zero-order chi connectivity index (χ0) is 13.8. The van der Waals surface area contributed by atoms with Gasteiger partial charge in [-0.15, -0.1) is 11.6 Å². The number of rotatable bonds is 5. The normalized spacial score (nSPS) is 11.4. The zero-order valence-corrected chi connectivity index (χ0v) is 11.9. The summed E-state index contributed by atoms with van der Waals surface area (Å²) in [6, 6.07) is 3.91. The molecule has 0 unspecified atom stereocenters. The third kappa shape index (κ3) is 4.46. The number of carbonyl (C=O) groups excluding carboxylic acids is 1. The van der Waals surface area contributed by atoms with E-state index in [0.717, 1.165) is 6.42 Å². The van der Waals surface area contributed by atoms with E-state index in [1.807, 2.05) is 13.8 Å². The Kier molecular flexibility index (Phi) is 5.42. The lowest BCUT2D eigenvalue weighted by atomic mass is 9.90. The Morgan fingerprint density at radius 2 is 2.11 bits per heavy atom. The maximum absolute atomic E-state index is 13.0. The molecule has 0 aliphatic carbocycles.